The van der Waals surface area contributed by atoms with E-state index in [1.807, 2.05) is 6.92 Å². The first kappa shape index (κ1) is 10.8. The van der Waals surface area contributed by atoms with Crippen LogP contribution in [0.4, 0.5) is 0 Å². The quantitative estimate of drug-likeness (QED) is 0.717. The molecule has 1 heteroatoms. The molecule has 1 rings (SSSR count). The van der Waals surface area contributed by atoms with Crippen molar-refractivity contribution in [1.29, 1.82) is 0 Å². The van der Waals surface area contributed by atoms with Crippen LogP contribution in [0.3, 0.4) is 0 Å². The number of benzene rings is 1. The Morgan fingerprint density at radius 2 is 1.93 bits per heavy atom. The van der Waals surface area contributed by atoms with E-state index >= 15 is 0 Å². The van der Waals surface area contributed by atoms with Crippen LogP contribution in [0.25, 0.3) is 0 Å². The molecule has 1 nitrogen and oxygen atoms in total. The number of hydrogen-bond donors (Lipinski definition) is 1. The standard InChI is InChI=1S/C13H17N/c1-4-5-10-14-12(3)13-8-6-11(2)7-9-13/h6-9,12,14H,10H2,1-3H3/t12-/m1/s1. The molecule has 1 N–H and O–H groups in total. The molecule has 1 atom stereocenters. The molecule has 0 fully saturated rings. The summed E-state index contributed by atoms with van der Waals surface area (Å²) in [6.07, 6.45) is 0. The molecule has 0 amide bonds. The molecular formula is C13H17N. The third kappa shape index (κ3) is 3.24. The Balaban J connectivity index is 2.54. The van der Waals surface area contributed by atoms with E-state index in [1.165, 1.54) is 11.1 Å². The third-order valence-electron chi connectivity index (χ3n) is 2.25. The van der Waals surface area contributed by atoms with Gasteiger partial charge < -0.3 is 0 Å². The van der Waals surface area contributed by atoms with Gasteiger partial charge in [-0.2, -0.15) is 0 Å². The van der Waals surface area contributed by atoms with Gasteiger partial charge in [0.05, 0.1) is 6.54 Å². The van der Waals surface area contributed by atoms with Gasteiger partial charge in [0, 0.05) is 6.04 Å². The summed E-state index contributed by atoms with van der Waals surface area (Å²) >= 11 is 0. The molecule has 1 aromatic carbocycles. The zero-order chi connectivity index (χ0) is 10.4. The first-order valence-corrected chi connectivity index (χ1v) is 4.93. The van der Waals surface area contributed by atoms with Gasteiger partial charge in [-0.05, 0) is 26.3 Å². The topological polar surface area (TPSA) is 12.0 Å². The van der Waals surface area contributed by atoms with E-state index in [4.69, 9.17) is 0 Å². The fraction of sp³-hybridized carbons (Fsp3) is 0.385. The highest BCUT2D eigenvalue weighted by molar-refractivity contribution is 5.23. The molecule has 1 aromatic rings. The van der Waals surface area contributed by atoms with Crippen molar-refractivity contribution in [2.24, 2.45) is 0 Å². The van der Waals surface area contributed by atoms with Crippen molar-refractivity contribution >= 4 is 0 Å². The zero-order valence-corrected chi connectivity index (χ0v) is 9.09. The smallest absolute Gasteiger partial charge is 0.0581 e. The molecule has 0 unspecified atom stereocenters. The fourth-order valence-corrected chi connectivity index (χ4v) is 1.27. The fourth-order valence-electron chi connectivity index (χ4n) is 1.27. The Hall–Kier alpha value is -1.26. The molecule has 74 valence electrons. The lowest BCUT2D eigenvalue weighted by Crippen LogP contribution is -2.18. The molecule has 0 radical (unpaired) electrons. The van der Waals surface area contributed by atoms with Gasteiger partial charge in [-0.1, -0.05) is 35.7 Å². The lowest BCUT2D eigenvalue weighted by atomic mass is 10.1. The molecule has 0 spiro atoms. The maximum absolute atomic E-state index is 3.35. The van der Waals surface area contributed by atoms with E-state index in [0.717, 1.165) is 6.54 Å². The summed E-state index contributed by atoms with van der Waals surface area (Å²) in [6, 6.07) is 8.97. The summed E-state index contributed by atoms with van der Waals surface area (Å²) < 4.78 is 0. The van der Waals surface area contributed by atoms with E-state index < -0.39 is 0 Å². The maximum Gasteiger partial charge on any atom is 0.0581 e. The molecule has 14 heavy (non-hydrogen) atoms. The van der Waals surface area contributed by atoms with E-state index in [2.05, 4.69) is 55.3 Å². The molecule has 0 aliphatic rings. The molecule has 0 heterocycles. The van der Waals surface area contributed by atoms with Gasteiger partial charge >= 0.3 is 0 Å². The second-order valence-electron chi connectivity index (χ2n) is 3.44. The molecule has 0 bridgehead atoms. The van der Waals surface area contributed by atoms with Crippen LogP contribution in [-0.2, 0) is 0 Å². The maximum atomic E-state index is 3.35. The van der Waals surface area contributed by atoms with Gasteiger partial charge in [0.15, 0.2) is 0 Å². The highest BCUT2D eigenvalue weighted by Crippen LogP contribution is 2.12. The average Bonchev–Trinajstić information content (AvgIpc) is 2.19. The molecule has 0 saturated carbocycles. The normalized spacial score (nSPS) is 11.6. The number of rotatable bonds is 3. The Labute approximate surface area is 86.5 Å². The Morgan fingerprint density at radius 3 is 2.50 bits per heavy atom. The minimum absolute atomic E-state index is 0.372. The van der Waals surface area contributed by atoms with E-state index in [9.17, 15) is 0 Å². The summed E-state index contributed by atoms with van der Waals surface area (Å²) in [4.78, 5) is 0. The van der Waals surface area contributed by atoms with Gasteiger partial charge in [0.2, 0.25) is 0 Å². The minimum Gasteiger partial charge on any atom is -0.300 e. The van der Waals surface area contributed by atoms with Crippen LogP contribution < -0.4 is 5.32 Å². The summed E-state index contributed by atoms with van der Waals surface area (Å²) in [7, 11) is 0. The van der Waals surface area contributed by atoms with Crippen molar-refractivity contribution in [1.82, 2.24) is 5.32 Å². The molecule has 0 aromatic heterocycles. The van der Waals surface area contributed by atoms with Crippen LogP contribution in [-0.4, -0.2) is 6.54 Å². The summed E-state index contributed by atoms with van der Waals surface area (Å²) in [5, 5.41) is 3.35. The lowest BCUT2D eigenvalue weighted by molar-refractivity contribution is 0.623. The second kappa shape index (κ2) is 5.47. The largest absolute Gasteiger partial charge is 0.300 e. The third-order valence-corrected chi connectivity index (χ3v) is 2.25. The Morgan fingerprint density at radius 1 is 1.29 bits per heavy atom. The first-order chi connectivity index (χ1) is 6.74. The van der Waals surface area contributed by atoms with Gasteiger partial charge in [-0.3, -0.25) is 5.32 Å². The molecule has 0 aliphatic heterocycles. The first-order valence-electron chi connectivity index (χ1n) is 4.93. The Bertz CT molecular complexity index is 326. The van der Waals surface area contributed by atoms with Crippen LogP contribution in [0.15, 0.2) is 24.3 Å². The zero-order valence-electron chi connectivity index (χ0n) is 9.09. The minimum atomic E-state index is 0.372. The lowest BCUT2D eigenvalue weighted by Gasteiger charge is -2.12. The van der Waals surface area contributed by atoms with Crippen molar-refractivity contribution < 1.29 is 0 Å². The van der Waals surface area contributed by atoms with Crippen molar-refractivity contribution in [2.75, 3.05) is 6.54 Å². The van der Waals surface area contributed by atoms with Gasteiger partial charge in [-0.25, -0.2) is 0 Å². The van der Waals surface area contributed by atoms with Crippen molar-refractivity contribution in [3.63, 3.8) is 0 Å². The molecule has 0 saturated heterocycles. The van der Waals surface area contributed by atoms with Crippen LogP contribution in [0.1, 0.15) is 31.0 Å². The Kier molecular flexibility index (Phi) is 4.22. The van der Waals surface area contributed by atoms with Crippen LogP contribution >= 0.6 is 0 Å². The van der Waals surface area contributed by atoms with Gasteiger partial charge in [-0.15, -0.1) is 5.92 Å². The van der Waals surface area contributed by atoms with Crippen molar-refractivity contribution in [3.05, 3.63) is 35.4 Å². The number of aryl methyl sites for hydroxylation is 1. The van der Waals surface area contributed by atoms with Crippen molar-refractivity contribution in [2.45, 2.75) is 26.8 Å². The van der Waals surface area contributed by atoms with E-state index in [-0.39, 0.29) is 0 Å². The summed E-state index contributed by atoms with van der Waals surface area (Å²) in [5.41, 5.74) is 2.61. The SMILES string of the molecule is CC#CCN[C@H](C)c1ccc(C)cc1. The van der Waals surface area contributed by atoms with Gasteiger partial charge in [0.25, 0.3) is 0 Å². The van der Waals surface area contributed by atoms with Gasteiger partial charge in [0.1, 0.15) is 0 Å². The van der Waals surface area contributed by atoms with E-state index in [1.54, 1.807) is 0 Å². The van der Waals surface area contributed by atoms with E-state index in [0.29, 0.717) is 6.04 Å². The summed E-state index contributed by atoms with van der Waals surface area (Å²) in [5.74, 6) is 5.87. The number of nitrogens with one attached hydrogen (secondary N) is 1. The monoisotopic (exact) mass is 187 g/mol. The summed E-state index contributed by atoms with van der Waals surface area (Å²) in [6.45, 7) is 6.87. The van der Waals surface area contributed by atoms with Crippen LogP contribution in [0.5, 0.6) is 0 Å². The highest BCUT2D eigenvalue weighted by atomic mass is 14.9. The number of hydrogen-bond acceptors (Lipinski definition) is 1. The predicted octanol–water partition coefficient (Wildman–Crippen LogP) is 2.67. The van der Waals surface area contributed by atoms with Crippen LogP contribution in [0, 0.1) is 18.8 Å². The predicted molar refractivity (Wildman–Crippen MR) is 61.0 cm³/mol. The van der Waals surface area contributed by atoms with Crippen molar-refractivity contribution in [3.8, 4) is 11.8 Å². The second-order valence-corrected chi connectivity index (χ2v) is 3.44. The van der Waals surface area contributed by atoms with Crippen LogP contribution in [0.2, 0.25) is 0 Å². The molecular weight excluding hydrogens is 170 g/mol. The molecule has 0 aliphatic carbocycles. The highest BCUT2D eigenvalue weighted by Gasteiger charge is 2.01. The average molecular weight is 187 g/mol.